The van der Waals surface area contributed by atoms with Gasteiger partial charge in [-0.1, -0.05) is 23.7 Å². The maximum absolute atomic E-state index is 11.8. The van der Waals surface area contributed by atoms with Gasteiger partial charge in [-0.3, -0.25) is 4.79 Å². The number of anilines is 1. The Labute approximate surface area is 129 Å². The Morgan fingerprint density at radius 2 is 2.10 bits per heavy atom. The van der Waals surface area contributed by atoms with Gasteiger partial charge in [0.15, 0.2) is 0 Å². The standard InChI is InChI=1S/C16H17ClN2O2/c1-11-4-3-5-14(12(11)2)21-9-8-16(20)19-15-7-6-13(17)10-18-15/h3-7,10H,8-9H2,1-2H3,(H,18,19,20). The number of nitrogens with zero attached hydrogens (tertiary/aromatic N) is 1. The fraction of sp³-hybridized carbons (Fsp3) is 0.250. The van der Waals surface area contributed by atoms with Gasteiger partial charge < -0.3 is 10.1 Å². The molecule has 1 N–H and O–H groups in total. The molecule has 0 saturated heterocycles. The zero-order valence-electron chi connectivity index (χ0n) is 12.0. The second-order valence-electron chi connectivity index (χ2n) is 4.71. The molecule has 0 saturated carbocycles. The number of hydrogen-bond donors (Lipinski definition) is 1. The lowest BCUT2D eigenvalue weighted by atomic mass is 10.1. The molecule has 0 aliphatic heterocycles. The van der Waals surface area contributed by atoms with E-state index in [1.54, 1.807) is 12.1 Å². The average molecular weight is 305 g/mol. The van der Waals surface area contributed by atoms with Crippen molar-refractivity contribution < 1.29 is 9.53 Å². The summed E-state index contributed by atoms with van der Waals surface area (Å²) in [7, 11) is 0. The van der Waals surface area contributed by atoms with Crippen molar-refractivity contribution in [1.29, 1.82) is 0 Å². The molecule has 0 radical (unpaired) electrons. The lowest BCUT2D eigenvalue weighted by Crippen LogP contribution is -2.16. The van der Waals surface area contributed by atoms with Gasteiger partial charge in [0.25, 0.3) is 0 Å². The summed E-state index contributed by atoms with van der Waals surface area (Å²) in [6.45, 7) is 4.35. The fourth-order valence-electron chi connectivity index (χ4n) is 1.79. The number of carbonyl (C=O) groups is 1. The number of carbonyl (C=O) groups excluding carboxylic acids is 1. The zero-order valence-corrected chi connectivity index (χ0v) is 12.8. The highest BCUT2D eigenvalue weighted by Crippen LogP contribution is 2.20. The molecule has 5 heteroatoms. The van der Waals surface area contributed by atoms with Gasteiger partial charge in [-0.2, -0.15) is 0 Å². The molecule has 0 unspecified atom stereocenters. The van der Waals surface area contributed by atoms with Crippen molar-refractivity contribution in [3.05, 3.63) is 52.7 Å². The molecule has 0 fully saturated rings. The van der Waals surface area contributed by atoms with Crippen molar-refractivity contribution in [2.24, 2.45) is 0 Å². The minimum absolute atomic E-state index is 0.143. The normalized spacial score (nSPS) is 10.2. The monoisotopic (exact) mass is 304 g/mol. The summed E-state index contributed by atoms with van der Waals surface area (Å²) in [5, 5.41) is 3.23. The quantitative estimate of drug-likeness (QED) is 0.915. The summed E-state index contributed by atoms with van der Waals surface area (Å²) in [5.74, 6) is 1.15. The minimum Gasteiger partial charge on any atom is -0.493 e. The molecule has 1 heterocycles. The van der Waals surface area contributed by atoms with Crippen LogP contribution in [0.5, 0.6) is 5.75 Å². The Morgan fingerprint density at radius 3 is 2.81 bits per heavy atom. The summed E-state index contributed by atoms with van der Waals surface area (Å²) in [5.41, 5.74) is 2.26. The number of hydrogen-bond acceptors (Lipinski definition) is 3. The first kappa shape index (κ1) is 15.3. The fourth-order valence-corrected chi connectivity index (χ4v) is 1.90. The smallest absolute Gasteiger partial charge is 0.228 e. The summed E-state index contributed by atoms with van der Waals surface area (Å²) in [6, 6.07) is 9.21. The molecule has 21 heavy (non-hydrogen) atoms. The van der Waals surface area contributed by atoms with Gasteiger partial charge in [-0.05, 0) is 43.2 Å². The van der Waals surface area contributed by atoms with E-state index in [-0.39, 0.29) is 12.3 Å². The van der Waals surface area contributed by atoms with Crippen molar-refractivity contribution in [3.63, 3.8) is 0 Å². The highest BCUT2D eigenvalue weighted by molar-refractivity contribution is 6.30. The van der Waals surface area contributed by atoms with E-state index < -0.39 is 0 Å². The van der Waals surface area contributed by atoms with Crippen LogP contribution in [0.4, 0.5) is 5.82 Å². The van der Waals surface area contributed by atoms with E-state index in [2.05, 4.69) is 10.3 Å². The molecule has 1 amide bonds. The number of rotatable bonds is 5. The SMILES string of the molecule is Cc1cccc(OCCC(=O)Nc2ccc(Cl)cn2)c1C. The Morgan fingerprint density at radius 1 is 1.29 bits per heavy atom. The van der Waals surface area contributed by atoms with Gasteiger partial charge in [0.1, 0.15) is 11.6 Å². The largest absolute Gasteiger partial charge is 0.493 e. The maximum atomic E-state index is 11.8. The van der Waals surface area contributed by atoms with E-state index >= 15 is 0 Å². The minimum atomic E-state index is -0.143. The van der Waals surface area contributed by atoms with Crippen LogP contribution in [-0.4, -0.2) is 17.5 Å². The van der Waals surface area contributed by atoms with Crippen LogP contribution in [0.3, 0.4) is 0 Å². The van der Waals surface area contributed by atoms with Gasteiger partial charge in [0.2, 0.25) is 5.91 Å². The highest BCUT2D eigenvalue weighted by Gasteiger charge is 2.06. The predicted octanol–water partition coefficient (Wildman–Crippen LogP) is 3.76. The van der Waals surface area contributed by atoms with Gasteiger partial charge in [0, 0.05) is 6.20 Å². The third-order valence-corrected chi connectivity index (χ3v) is 3.36. The predicted molar refractivity (Wildman–Crippen MR) is 83.9 cm³/mol. The zero-order chi connectivity index (χ0) is 15.2. The van der Waals surface area contributed by atoms with Crippen LogP contribution in [0.2, 0.25) is 5.02 Å². The Balaban J connectivity index is 1.81. The van der Waals surface area contributed by atoms with Gasteiger partial charge >= 0.3 is 0 Å². The van der Waals surface area contributed by atoms with E-state index in [1.165, 1.54) is 11.8 Å². The molecule has 110 valence electrons. The number of ether oxygens (including phenoxy) is 1. The first-order chi connectivity index (χ1) is 10.1. The molecule has 1 aromatic heterocycles. The summed E-state index contributed by atoms with van der Waals surface area (Å²) in [6.07, 6.45) is 1.75. The van der Waals surface area contributed by atoms with Gasteiger partial charge in [0.05, 0.1) is 18.1 Å². The van der Waals surface area contributed by atoms with E-state index in [9.17, 15) is 4.79 Å². The molecule has 4 nitrogen and oxygen atoms in total. The number of benzene rings is 1. The third-order valence-electron chi connectivity index (χ3n) is 3.14. The maximum Gasteiger partial charge on any atom is 0.228 e. The van der Waals surface area contributed by atoms with Crippen molar-refractivity contribution in [2.75, 3.05) is 11.9 Å². The van der Waals surface area contributed by atoms with E-state index in [0.29, 0.717) is 17.4 Å². The summed E-state index contributed by atoms with van der Waals surface area (Å²) in [4.78, 5) is 15.8. The Kier molecular flexibility index (Phi) is 5.17. The molecule has 0 aliphatic carbocycles. The van der Waals surface area contributed by atoms with Crippen LogP contribution in [0.15, 0.2) is 36.5 Å². The number of amides is 1. The van der Waals surface area contributed by atoms with Crippen LogP contribution in [-0.2, 0) is 4.79 Å². The molecular formula is C16H17ClN2O2. The summed E-state index contributed by atoms with van der Waals surface area (Å²) < 4.78 is 5.64. The topological polar surface area (TPSA) is 51.2 Å². The number of halogens is 1. The Bertz CT molecular complexity index is 627. The molecule has 0 atom stereocenters. The van der Waals surface area contributed by atoms with E-state index in [4.69, 9.17) is 16.3 Å². The number of pyridine rings is 1. The number of aromatic nitrogens is 1. The van der Waals surface area contributed by atoms with E-state index in [0.717, 1.165) is 11.3 Å². The van der Waals surface area contributed by atoms with E-state index in [1.807, 2.05) is 32.0 Å². The number of nitrogens with one attached hydrogen (secondary N) is 1. The van der Waals surface area contributed by atoms with Crippen molar-refractivity contribution in [1.82, 2.24) is 4.98 Å². The molecule has 0 bridgehead atoms. The van der Waals surface area contributed by atoms with Crippen LogP contribution in [0, 0.1) is 13.8 Å². The highest BCUT2D eigenvalue weighted by atomic mass is 35.5. The third kappa shape index (κ3) is 4.46. The van der Waals surface area contributed by atoms with Crippen LogP contribution in [0.1, 0.15) is 17.5 Å². The number of aryl methyl sites for hydroxylation is 1. The first-order valence-electron chi connectivity index (χ1n) is 6.66. The lowest BCUT2D eigenvalue weighted by molar-refractivity contribution is -0.116. The second kappa shape index (κ2) is 7.09. The van der Waals surface area contributed by atoms with Crippen molar-refractivity contribution in [3.8, 4) is 5.75 Å². The molecule has 2 aromatic rings. The van der Waals surface area contributed by atoms with Gasteiger partial charge in [-0.25, -0.2) is 4.98 Å². The van der Waals surface area contributed by atoms with Gasteiger partial charge in [-0.15, -0.1) is 0 Å². The average Bonchev–Trinajstić information content (AvgIpc) is 2.46. The molecule has 0 aliphatic rings. The first-order valence-corrected chi connectivity index (χ1v) is 7.04. The molecular weight excluding hydrogens is 288 g/mol. The van der Waals surface area contributed by atoms with Crippen LogP contribution < -0.4 is 10.1 Å². The van der Waals surface area contributed by atoms with Crippen LogP contribution in [0.25, 0.3) is 0 Å². The summed E-state index contributed by atoms with van der Waals surface area (Å²) >= 11 is 5.73. The molecule has 1 aromatic carbocycles. The van der Waals surface area contributed by atoms with Crippen molar-refractivity contribution in [2.45, 2.75) is 20.3 Å². The van der Waals surface area contributed by atoms with Crippen LogP contribution >= 0.6 is 11.6 Å². The van der Waals surface area contributed by atoms with Crippen molar-refractivity contribution >= 4 is 23.3 Å². The lowest BCUT2D eigenvalue weighted by Gasteiger charge is -2.10. The molecule has 2 rings (SSSR count). The second-order valence-corrected chi connectivity index (χ2v) is 5.14. The Hall–Kier alpha value is -2.07. The molecule has 0 spiro atoms.